The van der Waals surface area contributed by atoms with Crippen molar-refractivity contribution in [3.63, 3.8) is 0 Å². The monoisotopic (exact) mass is 354 g/mol. The van der Waals surface area contributed by atoms with Crippen molar-refractivity contribution in [1.29, 1.82) is 0 Å². The number of alkyl halides is 1. The Morgan fingerprint density at radius 1 is 1.86 bits per heavy atom. The Labute approximate surface area is 79.7 Å². The van der Waals surface area contributed by atoms with Crippen LogP contribution in [0.25, 0.3) is 0 Å². The first-order valence-electron chi connectivity index (χ1n) is 2.05. The van der Waals surface area contributed by atoms with Crippen LogP contribution in [0, 0.1) is 0 Å². The standard InChI is InChI=1S/CH3IN.CH3.2Al.HI.2H/c1-2-3;;;;;;/h1H3;1H3;;;1H;;/q-1;;;+1;;;/p-1. The first-order chi connectivity index (χ1) is 3.18. The fourth-order valence-electron chi connectivity index (χ4n) is 0.134. The van der Waals surface area contributed by atoms with Crippen molar-refractivity contribution in [2.24, 2.45) is 0 Å². The second-order valence-corrected chi connectivity index (χ2v) is 16.0. The Morgan fingerprint density at radius 2 is 2.29 bits per heavy atom. The summed E-state index contributed by atoms with van der Waals surface area (Å²) >= 11 is 4.01. The maximum absolute atomic E-state index is 2.67. The Bertz CT molecular complexity index is 51.0. The van der Waals surface area contributed by atoms with Gasteiger partial charge in [-0.15, -0.1) is 0 Å². The third kappa shape index (κ3) is 4.96. The fourth-order valence-corrected chi connectivity index (χ4v) is 6.94. The van der Waals surface area contributed by atoms with Crippen LogP contribution in [0.3, 0.4) is 0 Å². The quantitative estimate of drug-likeness (QED) is 0.222. The Hall–Kier alpha value is 2.48. The van der Waals surface area contributed by atoms with E-state index in [9.17, 15) is 0 Å². The minimum absolute atomic E-state index is 0.351. The maximum atomic E-state index is 2.67. The van der Waals surface area contributed by atoms with E-state index in [1.54, 1.807) is 0 Å². The van der Waals surface area contributed by atoms with E-state index < -0.39 is 0 Å². The molecule has 0 aromatic carbocycles. The average molecular weight is 354 g/mol. The van der Waals surface area contributed by atoms with Crippen LogP contribution in [0.15, 0.2) is 0 Å². The molecule has 0 radical (unpaired) electrons. The van der Waals surface area contributed by atoms with E-state index in [2.05, 4.69) is 32.1 Å². The number of halogens is 2. The van der Waals surface area contributed by atoms with Gasteiger partial charge in [-0.1, -0.05) is 0 Å². The van der Waals surface area contributed by atoms with Crippen LogP contribution in [0.4, 0.5) is 0 Å². The Morgan fingerprint density at radius 3 is 2.29 bits per heavy atom. The Kier molecular flexibility index (Phi) is 7.16. The molecule has 0 saturated carbocycles. The summed E-state index contributed by atoms with van der Waals surface area (Å²) in [5.41, 5.74) is 0. The Balaban J connectivity index is 3.14. The molecule has 0 N–H and O–H groups in total. The van der Waals surface area contributed by atoms with Crippen LogP contribution in [-0.2, 0) is 0 Å². The molecule has 0 aliphatic rings. The third-order valence-corrected chi connectivity index (χ3v) is 20.5. The molecule has 0 bridgehead atoms. The second-order valence-electron chi connectivity index (χ2n) is 1.27. The summed E-state index contributed by atoms with van der Waals surface area (Å²) in [5.74, 6) is 2.39. The van der Waals surface area contributed by atoms with Gasteiger partial charge in [-0.25, -0.2) is 0 Å². The van der Waals surface area contributed by atoms with Crippen molar-refractivity contribution in [2.45, 2.75) is 5.79 Å². The van der Waals surface area contributed by atoms with Crippen molar-refractivity contribution < 1.29 is 21.5 Å². The van der Waals surface area contributed by atoms with Gasteiger partial charge < -0.3 is 0 Å². The van der Waals surface area contributed by atoms with E-state index in [1.165, 1.54) is 16.5 Å². The van der Waals surface area contributed by atoms with Crippen molar-refractivity contribution in [3.05, 3.63) is 0 Å². The second kappa shape index (κ2) is 5.28. The van der Waals surface area contributed by atoms with E-state index in [0.717, 1.165) is 0 Å². The van der Waals surface area contributed by atoms with E-state index in [0.29, 0.717) is 21.5 Å². The predicted octanol–water partition coefficient (Wildman–Crippen LogP) is -2.98. The van der Waals surface area contributed by atoms with Crippen LogP contribution in [-0.4, -0.2) is 33.6 Å². The molecule has 5 heteroatoms. The third-order valence-electron chi connectivity index (χ3n) is 0.757. The zero-order valence-corrected chi connectivity index (χ0v) is 12.3. The molecule has 1 nitrogen and oxygen atoms in total. The summed E-state index contributed by atoms with van der Waals surface area (Å²) in [5, 5.41) is 0. The molecular weight excluding hydrogens is 346 g/mol. The van der Waals surface area contributed by atoms with Gasteiger partial charge in [-0.05, 0) is 0 Å². The molecule has 0 aromatic rings. The van der Waals surface area contributed by atoms with Gasteiger partial charge in [-0.3, -0.25) is 0 Å². The first kappa shape index (κ1) is 9.48. The van der Waals surface area contributed by atoms with Gasteiger partial charge in [0.1, 0.15) is 0 Å². The van der Waals surface area contributed by atoms with Crippen LogP contribution in [0.5, 0.6) is 0 Å². The van der Waals surface area contributed by atoms with Crippen LogP contribution in [0.1, 0.15) is 0 Å². The molecule has 0 aromatic heterocycles. The topological polar surface area (TPSA) is 3.24 Å². The molecule has 0 spiro atoms. The molecule has 0 unspecified atom stereocenters. The average Bonchev–Trinajstić information content (AvgIpc) is 1.65. The number of rotatable bonds is 2. The van der Waals surface area contributed by atoms with Crippen LogP contribution in [0.2, 0.25) is 5.79 Å². The van der Waals surface area contributed by atoms with E-state index in [1.807, 2.05) is 0 Å². The summed E-state index contributed by atoms with van der Waals surface area (Å²) in [6.45, 7) is 0. The summed E-state index contributed by atoms with van der Waals surface area (Å²) in [7, 11) is 0. The summed E-state index contributed by atoms with van der Waals surface area (Å²) in [6.07, 6.45) is 0. The van der Waals surface area contributed by atoms with E-state index >= 15 is 0 Å². The van der Waals surface area contributed by atoms with Gasteiger partial charge in [0.15, 0.2) is 0 Å². The number of hydrogen-bond acceptors (Lipinski definition) is 1. The molecular formula is C2H8Al2I2N-. The minimum atomic E-state index is -0.351. The summed E-state index contributed by atoms with van der Waals surface area (Å²) in [4.78, 5) is 2.34. The van der Waals surface area contributed by atoms with Crippen molar-refractivity contribution in [3.8, 4) is 0 Å². The van der Waals surface area contributed by atoms with E-state index in [4.69, 9.17) is 0 Å². The normalized spacial score (nSPS) is 10.3. The fraction of sp³-hybridized carbons (Fsp3) is 1.00. The molecule has 0 rings (SSSR count). The van der Waals surface area contributed by atoms with Crippen LogP contribution >= 0.6 is 20.3 Å². The number of nitrogens with zero attached hydrogens (tertiary/aromatic N) is 1. The summed E-state index contributed by atoms with van der Waals surface area (Å²) in [6, 6.07) is 0. The van der Waals surface area contributed by atoms with Gasteiger partial charge in [-0.2, -0.15) is 0 Å². The number of hydrogen-bond donors (Lipinski definition) is 0. The molecule has 0 amide bonds. The first-order valence-corrected chi connectivity index (χ1v) is 11.9. The molecule has 0 saturated heterocycles. The van der Waals surface area contributed by atoms with Crippen molar-refractivity contribution >= 4 is 47.9 Å². The van der Waals surface area contributed by atoms with Crippen LogP contribution < -0.4 is 21.5 Å². The molecule has 42 valence electrons. The molecule has 7 heavy (non-hydrogen) atoms. The van der Waals surface area contributed by atoms with E-state index in [-0.39, 0.29) is 11.1 Å². The van der Waals surface area contributed by atoms with Gasteiger partial charge in [0.25, 0.3) is 0 Å². The van der Waals surface area contributed by atoms with Gasteiger partial charge in [0.2, 0.25) is 0 Å². The van der Waals surface area contributed by atoms with Crippen molar-refractivity contribution in [2.75, 3.05) is 4.93 Å². The molecule has 0 aliphatic carbocycles. The molecule has 0 fully saturated rings. The zero-order valence-electron chi connectivity index (χ0n) is 4.78. The van der Waals surface area contributed by atoms with Crippen molar-refractivity contribution in [1.82, 2.24) is 1.08 Å². The zero-order chi connectivity index (χ0) is 5.86. The molecule has 0 heterocycles. The van der Waals surface area contributed by atoms with Gasteiger partial charge in [0.05, 0.1) is 0 Å². The molecule has 0 atom stereocenters. The molecule has 0 aliphatic heterocycles. The summed E-state index contributed by atoms with van der Waals surface area (Å²) < 4.78 is 2.67. The predicted molar refractivity (Wildman–Crippen MR) is 41.9 cm³/mol. The SMILES string of the molecule is C[I-][N]([AlH2])[Al]([CH3])[I]. The van der Waals surface area contributed by atoms with Gasteiger partial charge in [0, 0.05) is 0 Å². The van der Waals surface area contributed by atoms with Gasteiger partial charge >= 0.3 is 81.1 Å².